The number of ether oxygens (including phenoxy) is 1. The molecule has 0 unspecified atom stereocenters. The van der Waals surface area contributed by atoms with E-state index in [9.17, 15) is 9.59 Å². The molecule has 2 N–H and O–H groups in total. The summed E-state index contributed by atoms with van der Waals surface area (Å²) in [5.74, 6) is 0.110. The standard InChI is InChI=1S/C16H30N4O3/c1-12(6-11-23-3)17-16(22)20-9-7-19(8-10-20)13(2)15(21)18-14-4-5-14/h12-14H,4-11H2,1-3H3,(H,17,22)(H,18,21)/t12-,13-/m1/s1. The van der Waals surface area contributed by atoms with Crippen molar-refractivity contribution in [3.05, 3.63) is 0 Å². The van der Waals surface area contributed by atoms with Crippen LogP contribution in [0.5, 0.6) is 0 Å². The maximum atomic E-state index is 12.2. The van der Waals surface area contributed by atoms with Gasteiger partial charge in [-0.15, -0.1) is 0 Å². The Morgan fingerprint density at radius 3 is 2.39 bits per heavy atom. The van der Waals surface area contributed by atoms with E-state index in [4.69, 9.17) is 4.74 Å². The fourth-order valence-corrected chi connectivity index (χ4v) is 2.70. The highest BCUT2D eigenvalue weighted by Gasteiger charge is 2.30. The topological polar surface area (TPSA) is 73.9 Å². The van der Waals surface area contributed by atoms with Gasteiger partial charge in [-0.2, -0.15) is 0 Å². The van der Waals surface area contributed by atoms with Crippen LogP contribution in [-0.4, -0.2) is 79.8 Å². The number of hydrogen-bond acceptors (Lipinski definition) is 4. The Hall–Kier alpha value is -1.34. The second kappa shape index (κ2) is 8.49. The SMILES string of the molecule is COCC[C@@H](C)NC(=O)N1CCN([C@H](C)C(=O)NC2CC2)CC1. The van der Waals surface area contributed by atoms with E-state index in [0.29, 0.717) is 25.7 Å². The van der Waals surface area contributed by atoms with Crippen molar-refractivity contribution in [3.63, 3.8) is 0 Å². The Kier molecular flexibility index (Phi) is 6.65. The maximum absolute atomic E-state index is 12.2. The average molecular weight is 326 g/mol. The minimum Gasteiger partial charge on any atom is -0.385 e. The molecule has 7 heteroatoms. The second-order valence-electron chi connectivity index (χ2n) is 6.61. The third-order valence-electron chi connectivity index (χ3n) is 4.58. The van der Waals surface area contributed by atoms with Gasteiger partial charge >= 0.3 is 6.03 Å². The van der Waals surface area contributed by atoms with Gasteiger partial charge < -0.3 is 20.3 Å². The Morgan fingerprint density at radius 1 is 1.17 bits per heavy atom. The first-order valence-corrected chi connectivity index (χ1v) is 8.60. The van der Waals surface area contributed by atoms with E-state index in [2.05, 4.69) is 15.5 Å². The number of amides is 3. The molecule has 2 rings (SSSR count). The predicted molar refractivity (Wildman–Crippen MR) is 88.3 cm³/mol. The van der Waals surface area contributed by atoms with Crippen molar-refractivity contribution in [3.8, 4) is 0 Å². The minimum absolute atomic E-state index is 0.0247. The molecule has 7 nitrogen and oxygen atoms in total. The van der Waals surface area contributed by atoms with Crippen LogP contribution in [0.2, 0.25) is 0 Å². The fourth-order valence-electron chi connectivity index (χ4n) is 2.70. The summed E-state index contributed by atoms with van der Waals surface area (Å²) in [5.41, 5.74) is 0. The third kappa shape index (κ3) is 5.66. The predicted octanol–water partition coefficient (Wildman–Crippen LogP) is 0.406. The molecular weight excluding hydrogens is 296 g/mol. The van der Waals surface area contributed by atoms with E-state index < -0.39 is 0 Å². The molecule has 0 radical (unpaired) electrons. The van der Waals surface area contributed by atoms with Crippen molar-refractivity contribution in [2.45, 2.75) is 51.2 Å². The summed E-state index contributed by atoms with van der Waals surface area (Å²) in [5, 5.41) is 6.04. The lowest BCUT2D eigenvalue weighted by atomic mass is 10.2. The normalized spacial score (nSPS) is 21.6. The first-order valence-electron chi connectivity index (χ1n) is 8.60. The van der Waals surface area contributed by atoms with Crippen LogP contribution in [0.1, 0.15) is 33.1 Å². The molecule has 1 saturated carbocycles. The highest BCUT2D eigenvalue weighted by molar-refractivity contribution is 5.82. The Morgan fingerprint density at radius 2 is 1.83 bits per heavy atom. The van der Waals surface area contributed by atoms with Crippen molar-refractivity contribution in [1.82, 2.24) is 20.4 Å². The number of nitrogens with zero attached hydrogens (tertiary/aromatic N) is 2. The lowest BCUT2D eigenvalue weighted by Gasteiger charge is -2.37. The molecule has 2 fully saturated rings. The zero-order valence-electron chi connectivity index (χ0n) is 14.5. The van der Waals surface area contributed by atoms with E-state index in [1.807, 2.05) is 18.7 Å². The number of urea groups is 1. The quantitative estimate of drug-likeness (QED) is 0.710. The van der Waals surface area contributed by atoms with Gasteiger partial charge in [0.05, 0.1) is 6.04 Å². The summed E-state index contributed by atoms with van der Waals surface area (Å²) in [6.45, 7) is 7.35. The Bertz CT molecular complexity index is 406. The van der Waals surface area contributed by atoms with Crippen molar-refractivity contribution in [2.24, 2.45) is 0 Å². The van der Waals surface area contributed by atoms with Crippen LogP contribution in [0.4, 0.5) is 4.79 Å². The average Bonchev–Trinajstić information content (AvgIpc) is 3.36. The molecular formula is C16H30N4O3. The van der Waals surface area contributed by atoms with Crippen molar-refractivity contribution < 1.29 is 14.3 Å². The van der Waals surface area contributed by atoms with Crippen LogP contribution in [0, 0.1) is 0 Å². The van der Waals surface area contributed by atoms with Crippen molar-refractivity contribution in [2.75, 3.05) is 39.9 Å². The summed E-state index contributed by atoms with van der Waals surface area (Å²) in [4.78, 5) is 28.3. The van der Waals surface area contributed by atoms with E-state index in [1.54, 1.807) is 7.11 Å². The van der Waals surface area contributed by atoms with Gasteiger partial charge in [-0.3, -0.25) is 9.69 Å². The number of rotatable bonds is 7. The molecule has 23 heavy (non-hydrogen) atoms. The van der Waals surface area contributed by atoms with Crippen LogP contribution in [0.3, 0.4) is 0 Å². The highest BCUT2D eigenvalue weighted by atomic mass is 16.5. The molecule has 1 aliphatic carbocycles. The molecule has 132 valence electrons. The molecule has 2 aliphatic rings. The molecule has 0 bridgehead atoms. The lowest BCUT2D eigenvalue weighted by molar-refractivity contribution is -0.126. The van der Waals surface area contributed by atoms with Gasteiger partial charge in [0.2, 0.25) is 5.91 Å². The molecule has 0 aromatic carbocycles. The van der Waals surface area contributed by atoms with E-state index in [1.165, 1.54) is 0 Å². The zero-order valence-corrected chi connectivity index (χ0v) is 14.5. The number of hydrogen-bond donors (Lipinski definition) is 2. The van der Waals surface area contributed by atoms with Crippen LogP contribution in [0.15, 0.2) is 0 Å². The molecule has 0 aromatic rings. The number of carbonyl (C=O) groups excluding carboxylic acids is 2. The number of methoxy groups -OCH3 is 1. The van der Waals surface area contributed by atoms with Gasteiger partial charge in [-0.25, -0.2) is 4.79 Å². The molecule has 0 aromatic heterocycles. The zero-order chi connectivity index (χ0) is 16.8. The molecule has 3 amide bonds. The molecule has 1 saturated heterocycles. The minimum atomic E-state index is -0.124. The highest BCUT2D eigenvalue weighted by Crippen LogP contribution is 2.19. The van der Waals surface area contributed by atoms with E-state index in [-0.39, 0.29) is 24.0 Å². The van der Waals surface area contributed by atoms with Crippen LogP contribution < -0.4 is 10.6 Å². The summed E-state index contributed by atoms with van der Waals surface area (Å²) >= 11 is 0. The Labute approximate surface area is 138 Å². The summed E-state index contributed by atoms with van der Waals surface area (Å²) in [7, 11) is 1.66. The summed E-state index contributed by atoms with van der Waals surface area (Å²) < 4.78 is 5.02. The largest absolute Gasteiger partial charge is 0.385 e. The molecule has 1 heterocycles. The van der Waals surface area contributed by atoms with Crippen LogP contribution in [-0.2, 0) is 9.53 Å². The van der Waals surface area contributed by atoms with Crippen LogP contribution >= 0.6 is 0 Å². The molecule has 0 spiro atoms. The van der Waals surface area contributed by atoms with Crippen LogP contribution in [0.25, 0.3) is 0 Å². The Balaban J connectivity index is 1.69. The van der Waals surface area contributed by atoms with Gasteiger partial charge in [0, 0.05) is 52.0 Å². The van der Waals surface area contributed by atoms with Gasteiger partial charge in [-0.1, -0.05) is 0 Å². The summed E-state index contributed by atoms with van der Waals surface area (Å²) in [6, 6.07) is 0.346. The van der Waals surface area contributed by atoms with Gasteiger partial charge in [-0.05, 0) is 33.1 Å². The molecule has 2 atom stereocenters. The number of piperazine rings is 1. The van der Waals surface area contributed by atoms with Crippen molar-refractivity contribution in [1.29, 1.82) is 0 Å². The second-order valence-corrected chi connectivity index (χ2v) is 6.61. The van der Waals surface area contributed by atoms with E-state index >= 15 is 0 Å². The van der Waals surface area contributed by atoms with Gasteiger partial charge in [0.1, 0.15) is 0 Å². The molecule has 1 aliphatic heterocycles. The monoisotopic (exact) mass is 326 g/mol. The first kappa shape index (κ1) is 18.0. The lowest BCUT2D eigenvalue weighted by Crippen LogP contribution is -2.57. The van der Waals surface area contributed by atoms with Crippen molar-refractivity contribution >= 4 is 11.9 Å². The smallest absolute Gasteiger partial charge is 0.317 e. The summed E-state index contributed by atoms with van der Waals surface area (Å²) in [6.07, 6.45) is 3.02. The van der Waals surface area contributed by atoms with E-state index in [0.717, 1.165) is 32.4 Å². The number of carbonyl (C=O) groups is 2. The fraction of sp³-hybridized carbons (Fsp3) is 0.875. The van der Waals surface area contributed by atoms with Gasteiger partial charge in [0.25, 0.3) is 0 Å². The van der Waals surface area contributed by atoms with Gasteiger partial charge in [0.15, 0.2) is 0 Å². The maximum Gasteiger partial charge on any atom is 0.317 e. The number of nitrogens with one attached hydrogen (secondary N) is 2. The third-order valence-corrected chi connectivity index (χ3v) is 4.58. The first-order chi connectivity index (χ1) is 11.0.